The molecule has 1 N–H and O–H groups in total. The molecule has 0 saturated heterocycles. The van der Waals surface area contributed by atoms with Crippen molar-refractivity contribution in [1.29, 1.82) is 0 Å². The van der Waals surface area contributed by atoms with Gasteiger partial charge in [-0.2, -0.15) is 0 Å². The predicted molar refractivity (Wildman–Crippen MR) is 128 cm³/mol. The minimum Gasteiger partial charge on any atom is -0.357 e. The van der Waals surface area contributed by atoms with Gasteiger partial charge in [0.2, 0.25) is 11.8 Å². The van der Waals surface area contributed by atoms with Crippen LogP contribution < -0.4 is 5.32 Å². The summed E-state index contributed by atoms with van der Waals surface area (Å²) in [5.74, 6) is 0.366. The number of thioether (sulfide) groups is 1. The number of nitrogens with one attached hydrogen (secondary N) is 1. The zero-order valence-corrected chi connectivity index (χ0v) is 20.4. The Morgan fingerprint density at radius 1 is 1.03 bits per heavy atom. The predicted octanol–water partition coefficient (Wildman–Crippen LogP) is 6.09. The third kappa shape index (κ3) is 6.69. The number of nitrogens with zero attached hydrogens (tertiary/aromatic N) is 1. The Labute approximate surface area is 201 Å². The van der Waals surface area contributed by atoms with Crippen LogP contribution in [0.25, 0.3) is 0 Å². The molecule has 0 aliphatic heterocycles. The largest absolute Gasteiger partial charge is 0.357 e. The highest BCUT2D eigenvalue weighted by Crippen LogP contribution is 2.28. The number of hydrogen-bond acceptors (Lipinski definition) is 3. The summed E-state index contributed by atoms with van der Waals surface area (Å²) in [6.07, 6.45) is 0.463. The maximum absolute atomic E-state index is 13.1. The van der Waals surface area contributed by atoms with E-state index in [2.05, 4.69) is 5.32 Å². The van der Waals surface area contributed by atoms with Crippen molar-refractivity contribution in [2.45, 2.75) is 31.7 Å². The van der Waals surface area contributed by atoms with E-state index in [9.17, 15) is 9.59 Å². The van der Waals surface area contributed by atoms with Crippen LogP contribution in [0, 0.1) is 0 Å². The number of rotatable bonds is 9. The fourth-order valence-electron chi connectivity index (χ4n) is 2.91. The van der Waals surface area contributed by atoms with Crippen molar-refractivity contribution in [3.05, 3.63) is 67.6 Å². The summed E-state index contributed by atoms with van der Waals surface area (Å²) in [4.78, 5) is 27.0. The third-order valence-electron chi connectivity index (χ3n) is 4.50. The standard InChI is InChI=1S/C21H22Cl4N2O2S/c1-3-19(21(29)26-2)27(10-14-15(22)5-4-6-16(14)23)20(28)12-30-11-13-7-8-17(24)18(25)9-13/h4-9,19H,3,10-12H2,1-2H3,(H,26,29). The number of carbonyl (C=O) groups is 2. The van der Waals surface area contributed by atoms with E-state index in [1.165, 1.54) is 16.7 Å². The van der Waals surface area contributed by atoms with E-state index in [0.717, 1.165) is 5.56 Å². The first-order valence-electron chi connectivity index (χ1n) is 9.24. The molecule has 0 bridgehead atoms. The molecule has 0 aliphatic carbocycles. The monoisotopic (exact) mass is 506 g/mol. The second-order valence-corrected chi connectivity index (χ2v) is 9.12. The van der Waals surface area contributed by atoms with E-state index in [1.54, 1.807) is 37.4 Å². The molecule has 2 aromatic carbocycles. The zero-order valence-electron chi connectivity index (χ0n) is 16.6. The molecule has 9 heteroatoms. The van der Waals surface area contributed by atoms with Gasteiger partial charge in [0.05, 0.1) is 15.8 Å². The van der Waals surface area contributed by atoms with E-state index in [1.807, 2.05) is 13.0 Å². The first-order valence-corrected chi connectivity index (χ1v) is 11.9. The van der Waals surface area contributed by atoms with E-state index in [4.69, 9.17) is 46.4 Å². The van der Waals surface area contributed by atoms with Crippen LogP contribution in [0.1, 0.15) is 24.5 Å². The minimum atomic E-state index is -0.625. The maximum Gasteiger partial charge on any atom is 0.242 e. The Bertz CT molecular complexity index is 890. The van der Waals surface area contributed by atoms with Crippen LogP contribution in [0.2, 0.25) is 20.1 Å². The smallest absolute Gasteiger partial charge is 0.242 e. The molecule has 0 saturated carbocycles. The van der Waals surface area contributed by atoms with Gasteiger partial charge in [-0.3, -0.25) is 9.59 Å². The molecular weight excluding hydrogens is 486 g/mol. The van der Waals surface area contributed by atoms with Crippen molar-refractivity contribution < 1.29 is 9.59 Å². The normalized spacial score (nSPS) is 11.8. The fourth-order valence-corrected chi connectivity index (χ4v) is 4.60. The van der Waals surface area contributed by atoms with Crippen LogP contribution in [-0.4, -0.2) is 35.6 Å². The molecular formula is C21H22Cl4N2O2S. The molecule has 2 rings (SSSR count). The number of likely N-dealkylation sites (N-methyl/N-ethyl adjacent to an activating group) is 1. The van der Waals surface area contributed by atoms with Crippen molar-refractivity contribution >= 4 is 70.0 Å². The number of hydrogen-bond donors (Lipinski definition) is 1. The third-order valence-corrected chi connectivity index (χ3v) is 6.94. The van der Waals surface area contributed by atoms with Gasteiger partial charge in [0, 0.05) is 35.0 Å². The zero-order chi connectivity index (χ0) is 22.3. The lowest BCUT2D eigenvalue weighted by molar-refractivity contribution is -0.139. The van der Waals surface area contributed by atoms with Gasteiger partial charge in [-0.25, -0.2) is 0 Å². The summed E-state index contributed by atoms with van der Waals surface area (Å²) in [6.45, 7) is 2.01. The number of benzene rings is 2. The molecule has 2 amide bonds. The van der Waals surface area contributed by atoms with Gasteiger partial charge in [0.1, 0.15) is 6.04 Å². The Balaban J connectivity index is 2.16. The van der Waals surface area contributed by atoms with Crippen molar-refractivity contribution in [2.24, 2.45) is 0 Å². The van der Waals surface area contributed by atoms with Gasteiger partial charge in [-0.15, -0.1) is 11.8 Å². The topological polar surface area (TPSA) is 49.4 Å². The van der Waals surface area contributed by atoms with E-state index in [-0.39, 0.29) is 24.1 Å². The highest BCUT2D eigenvalue weighted by atomic mass is 35.5. The molecule has 0 aliphatic rings. The van der Waals surface area contributed by atoms with Gasteiger partial charge in [-0.1, -0.05) is 65.5 Å². The summed E-state index contributed by atoms with van der Waals surface area (Å²) >= 11 is 26.0. The Morgan fingerprint density at radius 2 is 1.70 bits per heavy atom. The fraction of sp³-hybridized carbons (Fsp3) is 0.333. The van der Waals surface area contributed by atoms with Gasteiger partial charge >= 0.3 is 0 Å². The molecule has 2 aromatic rings. The highest BCUT2D eigenvalue weighted by Gasteiger charge is 2.29. The number of carbonyl (C=O) groups excluding carboxylic acids is 2. The second-order valence-electron chi connectivity index (χ2n) is 6.50. The average molecular weight is 508 g/mol. The van der Waals surface area contributed by atoms with E-state index < -0.39 is 6.04 Å². The lowest BCUT2D eigenvalue weighted by Gasteiger charge is -2.30. The quantitative estimate of drug-likeness (QED) is 0.447. The molecule has 4 nitrogen and oxygen atoms in total. The number of amides is 2. The summed E-state index contributed by atoms with van der Waals surface area (Å²) in [5.41, 5.74) is 1.58. The van der Waals surface area contributed by atoms with Gasteiger partial charge < -0.3 is 10.2 Å². The summed E-state index contributed by atoms with van der Waals surface area (Å²) in [5, 5.41) is 4.50. The molecule has 1 atom stereocenters. The lowest BCUT2D eigenvalue weighted by atomic mass is 10.1. The molecule has 1 unspecified atom stereocenters. The van der Waals surface area contributed by atoms with Crippen LogP contribution in [0.4, 0.5) is 0 Å². The Hall–Kier alpha value is -1.11. The van der Waals surface area contributed by atoms with Gasteiger partial charge in [0.25, 0.3) is 0 Å². The average Bonchev–Trinajstić information content (AvgIpc) is 2.72. The molecule has 162 valence electrons. The van der Waals surface area contributed by atoms with Crippen LogP contribution in [0.15, 0.2) is 36.4 Å². The first-order chi connectivity index (χ1) is 14.3. The molecule has 0 fully saturated rings. The molecule has 0 spiro atoms. The van der Waals surface area contributed by atoms with Crippen molar-refractivity contribution in [3.63, 3.8) is 0 Å². The SMILES string of the molecule is CCC(C(=O)NC)N(Cc1c(Cl)cccc1Cl)C(=O)CSCc1ccc(Cl)c(Cl)c1. The van der Waals surface area contributed by atoms with Gasteiger partial charge in [0.15, 0.2) is 0 Å². The first kappa shape index (κ1) is 25.2. The van der Waals surface area contributed by atoms with Crippen LogP contribution in [0.3, 0.4) is 0 Å². The van der Waals surface area contributed by atoms with Crippen molar-refractivity contribution in [1.82, 2.24) is 10.2 Å². The molecule has 0 radical (unpaired) electrons. The van der Waals surface area contributed by atoms with Gasteiger partial charge in [-0.05, 0) is 36.2 Å². The molecule has 0 aromatic heterocycles. The Morgan fingerprint density at radius 3 is 2.27 bits per heavy atom. The number of halogens is 4. The van der Waals surface area contributed by atoms with Crippen molar-refractivity contribution in [3.8, 4) is 0 Å². The Kier molecular flexibility index (Phi) is 10.1. The summed E-state index contributed by atoms with van der Waals surface area (Å²) in [6, 6.07) is 9.92. The minimum absolute atomic E-state index is 0.149. The highest BCUT2D eigenvalue weighted by molar-refractivity contribution is 7.99. The van der Waals surface area contributed by atoms with Crippen LogP contribution in [0.5, 0.6) is 0 Å². The second kappa shape index (κ2) is 12.1. The van der Waals surface area contributed by atoms with Crippen LogP contribution in [-0.2, 0) is 21.9 Å². The van der Waals surface area contributed by atoms with E-state index >= 15 is 0 Å². The molecule has 30 heavy (non-hydrogen) atoms. The van der Waals surface area contributed by atoms with Crippen molar-refractivity contribution in [2.75, 3.05) is 12.8 Å². The molecule has 0 heterocycles. The maximum atomic E-state index is 13.1. The summed E-state index contributed by atoms with van der Waals surface area (Å²) in [7, 11) is 1.55. The summed E-state index contributed by atoms with van der Waals surface area (Å²) < 4.78 is 0. The lowest BCUT2D eigenvalue weighted by Crippen LogP contribution is -2.48. The van der Waals surface area contributed by atoms with Crippen LogP contribution >= 0.6 is 58.2 Å². The van der Waals surface area contributed by atoms with E-state index in [0.29, 0.717) is 37.8 Å².